The minimum atomic E-state index is -0.237. The number of halogens is 2. The summed E-state index contributed by atoms with van der Waals surface area (Å²) in [6.07, 6.45) is 1.64. The number of phenolic OH excluding ortho intramolecular Hbond substituents is 1. The van der Waals surface area contributed by atoms with Gasteiger partial charge in [0.15, 0.2) is 17.3 Å². The fraction of sp³-hybridized carbons (Fsp3) is 0.0526. The highest BCUT2D eigenvalue weighted by molar-refractivity contribution is 9.10. The Balaban J connectivity index is 1.80. The molecule has 1 aromatic carbocycles. The van der Waals surface area contributed by atoms with Crippen molar-refractivity contribution in [2.24, 2.45) is 0 Å². The molecular weight excluding hydrogens is 484 g/mol. The highest BCUT2D eigenvalue weighted by atomic mass is 79.9. The van der Waals surface area contributed by atoms with Crippen LogP contribution in [0.4, 0.5) is 0 Å². The van der Waals surface area contributed by atoms with Gasteiger partial charge >= 0.3 is 0 Å². The molecule has 3 aromatic heterocycles. The average Bonchev–Trinajstić information content (AvgIpc) is 3.33. The van der Waals surface area contributed by atoms with Crippen LogP contribution in [0.25, 0.3) is 31.8 Å². The van der Waals surface area contributed by atoms with Crippen LogP contribution < -0.4 is 10.3 Å². The van der Waals surface area contributed by atoms with E-state index in [4.69, 9.17) is 16.3 Å². The van der Waals surface area contributed by atoms with Gasteiger partial charge in [-0.15, -0.1) is 22.7 Å². The highest BCUT2D eigenvalue weighted by Gasteiger charge is 2.15. The van der Waals surface area contributed by atoms with Crippen molar-refractivity contribution < 1.29 is 9.84 Å². The van der Waals surface area contributed by atoms with Crippen molar-refractivity contribution in [2.45, 2.75) is 0 Å². The molecular formula is C19H12BrClN2O3S2. The van der Waals surface area contributed by atoms with Crippen molar-refractivity contribution in [3.8, 4) is 21.9 Å². The minimum Gasteiger partial charge on any atom is -0.504 e. The lowest BCUT2D eigenvalue weighted by Crippen LogP contribution is -2.10. The number of hydrogen-bond donors (Lipinski definition) is 2. The third kappa shape index (κ3) is 3.48. The molecule has 4 rings (SSSR count). The molecule has 0 atom stereocenters. The molecule has 0 spiro atoms. The van der Waals surface area contributed by atoms with E-state index in [1.807, 2.05) is 22.9 Å². The molecule has 28 heavy (non-hydrogen) atoms. The summed E-state index contributed by atoms with van der Waals surface area (Å²) < 4.78 is 5.76. The molecule has 0 unspecified atom stereocenters. The van der Waals surface area contributed by atoms with Gasteiger partial charge in [0.1, 0.15) is 4.83 Å². The number of aromatic nitrogens is 2. The standard InChI is InChI=1S/C19H12BrClN2O3S2/c1-26-14-6-9(11(20)7-13(14)24)5-12(21)17-22-18(25)16-10(8-28-19(16)23-17)15-3-2-4-27-15/h2-8,24H,1H3,(H,22,23,25). The first-order valence-corrected chi connectivity index (χ1v) is 10.9. The molecule has 5 nitrogen and oxygen atoms in total. The van der Waals surface area contributed by atoms with E-state index in [9.17, 15) is 9.90 Å². The number of nitrogens with zero attached hydrogens (tertiary/aromatic N) is 1. The van der Waals surface area contributed by atoms with E-state index < -0.39 is 0 Å². The van der Waals surface area contributed by atoms with E-state index >= 15 is 0 Å². The number of aromatic hydroxyl groups is 1. The van der Waals surface area contributed by atoms with Gasteiger partial charge in [-0.05, 0) is 35.2 Å². The van der Waals surface area contributed by atoms with E-state index in [0.717, 1.165) is 10.4 Å². The highest BCUT2D eigenvalue weighted by Crippen LogP contribution is 2.36. The molecule has 0 saturated heterocycles. The summed E-state index contributed by atoms with van der Waals surface area (Å²) in [5, 5.41) is 14.6. The molecule has 0 aliphatic rings. The molecule has 0 saturated carbocycles. The number of fused-ring (bicyclic) bond motifs is 1. The summed E-state index contributed by atoms with van der Waals surface area (Å²) >= 11 is 12.8. The Morgan fingerprint density at radius 1 is 1.39 bits per heavy atom. The first-order valence-electron chi connectivity index (χ1n) is 7.97. The Kier molecular flexibility index (Phi) is 5.29. The number of phenols is 1. The van der Waals surface area contributed by atoms with Crippen molar-refractivity contribution in [3.63, 3.8) is 0 Å². The second-order valence-corrected chi connectivity index (χ2v) is 8.83. The number of H-pyrrole nitrogens is 1. The molecule has 0 radical (unpaired) electrons. The molecule has 0 bridgehead atoms. The monoisotopic (exact) mass is 494 g/mol. The van der Waals surface area contributed by atoms with E-state index in [2.05, 4.69) is 25.9 Å². The molecule has 2 N–H and O–H groups in total. The number of benzene rings is 1. The van der Waals surface area contributed by atoms with Crippen molar-refractivity contribution in [1.82, 2.24) is 9.97 Å². The number of ether oxygens (including phenoxy) is 1. The van der Waals surface area contributed by atoms with Crippen molar-refractivity contribution in [2.75, 3.05) is 7.11 Å². The number of thiophene rings is 2. The molecule has 3 heterocycles. The van der Waals surface area contributed by atoms with E-state index in [0.29, 0.717) is 26.0 Å². The molecule has 142 valence electrons. The second-order valence-electron chi connectivity index (χ2n) is 5.76. The van der Waals surface area contributed by atoms with Gasteiger partial charge in [-0.1, -0.05) is 33.6 Å². The van der Waals surface area contributed by atoms with Gasteiger partial charge in [0, 0.05) is 20.3 Å². The van der Waals surface area contributed by atoms with Crippen molar-refractivity contribution >= 4 is 71.5 Å². The zero-order chi connectivity index (χ0) is 19.8. The average molecular weight is 496 g/mol. The Labute approximate surface area is 181 Å². The van der Waals surface area contributed by atoms with Crippen LogP contribution in [-0.2, 0) is 0 Å². The van der Waals surface area contributed by atoms with Crippen LogP contribution in [0.2, 0.25) is 0 Å². The fourth-order valence-corrected chi connectivity index (χ4v) is 5.13. The Bertz CT molecular complexity index is 1260. The minimum absolute atomic E-state index is 0.00953. The van der Waals surface area contributed by atoms with Crippen molar-refractivity contribution in [1.29, 1.82) is 0 Å². The van der Waals surface area contributed by atoms with Gasteiger partial charge in [0.2, 0.25) is 0 Å². The topological polar surface area (TPSA) is 75.2 Å². The lowest BCUT2D eigenvalue weighted by Gasteiger charge is -2.07. The van der Waals surface area contributed by atoms with Gasteiger partial charge in [0.25, 0.3) is 5.56 Å². The molecule has 0 aliphatic carbocycles. The third-order valence-electron chi connectivity index (χ3n) is 4.04. The molecule has 9 heteroatoms. The number of methoxy groups -OCH3 is 1. The molecule has 0 aliphatic heterocycles. The summed E-state index contributed by atoms with van der Waals surface area (Å²) in [5.41, 5.74) is 1.31. The predicted molar refractivity (Wildman–Crippen MR) is 120 cm³/mol. The third-order valence-corrected chi connectivity index (χ3v) is 6.79. The van der Waals surface area contributed by atoms with Gasteiger partial charge in [0.05, 0.1) is 17.5 Å². The Morgan fingerprint density at radius 2 is 2.21 bits per heavy atom. The van der Waals surface area contributed by atoms with Crippen LogP contribution >= 0.6 is 50.2 Å². The van der Waals surface area contributed by atoms with Gasteiger partial charge in [-0.25, -0.2) is 4.98 Å². The Hall–Kier alpha value is -2.13. The van der Waals surface area contributed by atoms with Crippen LogP contribution in [-0.4, -0.2) is 22.2 Å². The first kappa shape index (κ1) is 19.2. The summed E-state index contributed by atoms with van der Waals surface area (Å²) in [4.78, 5) is 21.6. The van der Waals surface area contributed by atoms with Crippen LogP contribution in [0.15, 0.2) is 44.3 Å². The largest absolute Gasteiger partial charge is 0.504 e. The van der Waals surface area contributed by atoms with E-state index in [1.165, 1.54) is 24.5 Å². The second kappa shape index (κ2) is 7.71. The maximum atomic E-state index is 12.7. The van der Waals surface area contributed by atoms with Gasteiger partial charge < -0.3 is 14.8 Å². The number of rotatable bonds is 4. The van der Waals surface area contributed by atoms with Crippen LogP contribution in [0, 0.1) is 0 Å². The summed E-state index contributed by atoms with van der Waals surface area (Å²) in [6.45, 7) is 0. The number of nitrogens with one attached hydrogen (secondary N) is 1. The maximum Gasteiger partial charge on any atom is 0.260 e. The first-order chi connectivity index (χ1) is 13.5. The maximum absolute atomic E-state index is 12.7. The molecule has 0 fully saturated rings. The number of aromatic amines is 1. The van der Waals surface area contributed by atoms with Crippen LogP contribution in [0.1, 0.15) is 11.4 Å². The lowest BCUT2D eigenvalue weighted by atomic mass is 10.2. The SMILES string of the molecule is COc1cc(C=C(Cl)c2nc3scc(-c4cccs4)c3c(=O)[nH]2)c(Br)cc1O. The van der Waals surface area contributed by atoms with Gasteiger partial charge in [-0.2, -0.15) is 0 Å². The number of hydrogen-bond acceptors (Lipinski definition) is 6. The van der Waals surface area contributed by atoms with E-state index in [1.54, 1.807) is 23.5 Å². The lowest BCUT2D eigenvalue weighted by molar-refractivity contribution is 0.373. The van der Waals surface area contributed by atoms with Gasteiger partial charge in [-0.3, -0.25) is 4.79 Å². The normalized spacial score (nSPS) is 11.9. The van der Waals surface area contributed by atoms with Crippen LogP contribution in [0.5, 0.6) is 11.5 Å². The molecule has 0 amide bonds. The summed E-state index contributed by atoms with van der Waals surface area (Å²) in [7, 11) is 1.47. The van der Waals surface area contributed by atoms with Crippen molar-refractivity contribution in [3.05, 3.63) is 61.2 Å². The summed E-state index contributed by atoms with van der Waals surface area (Å²) in [6, 6.07) is 7.07. The predicted octanol–water partition coefficient (Wildman–Crippen LogP) is 5.93. The summed E-state index contributed by atoms with van der Waals surface area (Å²) in [5.74, 6) is 0.600. The quantitative estimate of drug-likeness (QED) is 0.368. The molecule has 4 aromatic rings. The smallest absolute Gasteiger partial charge is 0.260 e. The Morgan fingerprint density at radius 3 is 2.93 bits per heavy atom. The van der Waals surface area contributed by atoms with E-state index in [-0.39, 0.29) is 22.2 Å². The van der Waals surface area contributed by atoms with Crippen LogP contribution in [0.3, 0.4) is 0 Å². The zero-order valence-electron chi connectivity index (χ0n) is 14.3. The zero-order valence-corrected chi connectivity index (χ0v) is 18.3. The fourth-order valence-electron chi connectivity index (χ4n) is 2.71.